The van der Waals surface area contributed by atoms with Gasteiger partial charge in [-0.3, -0.25) is 0 Å². The molecule has 1 aromatic carbocycles. The lowest BCUT2D eigenvalue weighted by atomic mass is 9.85. The third-order valence-corrected chi connectivity index (χ3v) is 4.41. The Morgan fingerprint density at radius 2 is 1.84 bits per heavy atom. The van der Waals surface area contributed by atoms with Gasteiger partial charge < -0.3 is 9.30 Å². The van der Waals surface area contributed by atoms with E-state index in [1.54, 1.807) is 18.5 Å². The van der Waals surface area contributed by atoms with Crippen molar-refractivity contribution in [3.8, 4) is 17.0 Å². The second-order valence-electron chi connectivity index (χ2n) is 6.16. The van der Waals surface area contributed by atoms with Crippen LogP contribution in [0.1, 0.15) is 31.0 Å². The average Bonchev–Trinajstić information content (AvgIpc) is 2.86. The van der Waals surface area contributed by atoms with Gasteiger partial charge in [-0.1, -0.05) is 6.42 Å². The maximum absolute atomic E-state index is 12.3. The molecule has 0 saturated heterocycles. The van der Waals surface area contributed by atoms with E-state index in [9.17, 15) is 13.2 Å². The van der Waals surface area contributed by atoms with Crippen LogP contribution in [0.4, 0.5) is 13.2 Å². The highest BCUT2D eigenvalue weighted by Gasteiger charge is 2.31. The van der Waals surface area contributed by atoms with Crippen LogP contribution in [-0.4, -0.2) is 25.9 Å². The largest absolute Gasteiger partial charge is 0.573 e. The molecule has 130 valence electrons. The number of nitrogens with zero attached hydrogens (tertiary/aromatic N) is 4. The molecule has 0 atom stereocenters. The fourth-order valence-corrected chi connectivity index (χ4v) is 2.89. The van der Waals surface area contributed by atoms with Crippen molar-refractivity contribution in [1.29, 1.82) is 0 Å². The summed E-state index contributed by atoms with van der Waals surface area (Å²) in [6.07, 6.45) is 0.231. The standard InChI is InChI=1S/C17H15F3N4O/c1-24-9-21-14-13(22-15(23-16(14)24)11-3-2-4-11)10-5-7-12(8-6-10)25-17(18,19)20/h5-9,11H,2-4H2,1H3. The summed E-state index contributed by atoms with van der Waals surface area (Å²) in [5.74, 6) is 0.848. The molecular formula is C17H15F3N4O. The smallest absolute Gasteiger partial charge is 0.406 e. The highest BCUT2D eigenvalue weighted by molar-refractivity contribution is 5.87. The van der Waals surface area contributed by atoms with E-state index < -0.39 is 6.36 Å². The van der Waals surface area contributed by atoms with E-state index in [0.29, 0.717) is 22.7 Å². The number of halogens is 3. The van der Waals surface area contributed by atoms with Crippen molar-refractivity contribution in [1.82, 2.24) is 19.5 Å². The number of hydrogen-bond acceptors (Lipinski definition) is 4. The Bertz CT molecular complexity index is 914. The number of benzene rings is 1. The lowest BCUT2D eigenvalue weighted by molar-refractivity contribution is -0.274. The summed E-state index contributed by atoms with van der Waals surface area (Å²) in [6.45, 7) is 0. The van der Waals surface area contributed by atoms with E-state index in [-0.39, 0.29) is 5.75 Å². The molecule has 0 radical (unpaired) electrons. The Morgan fingerprint density at radius 1 is 1.12 bits per heavy atom. The van der Waals surface area contributed by atoms with Crippen LogP contribution >= 0.6 is 0 Å². The first-order chi connectivity index (χ1) is 11.9. The van der Waals surface area contributed by atoms with Crippen molar-refractivity contribution < 1.29 is 17.9 Å². The molecule has 4 rings (SSSR count). The van der Waals surface area contributed by atoms with Crippen LogP contribution in [0, 0.1) is 0 Å². The average molecular weight is 348 g/mol. The monoisotopic (exact) mass is 348 g/mol. The maximum Gasteiger partial charge on any atom is 0.573 e. The number of fused-ring (bicyclic) bond motifs is 1. The Kier molecular flexibility index (Phi) is 3.63. The predicted octanol–water partition coefficient (Wildman–Crippen LogP) is 4.20. The number of alkyl halides is 3. The zero-order valence-electron chi connectivity index (χ0n) is 13.4. The molecule has 0 unspecified atom stereocenters. The summed E-state index contributed by atoms with van der Waals surface area (Å²) in [4.78, 5) is 13.6. The van der Waals surface area contributed by atoms with Gasteiger partial charge in [0, 0.05) is 18.5 Å². The molecule has 1 fully saturated rings. The van der Waals surface area contributed by atoms with Gasteiger partial charge in [-0.15, -0.1) is 13.2 Å². The molecule has 0 spiro atoms. The van der Waals surface area contributed by atoms with Crippen LogP contribution in [0.3, 0.4) is 0 Å². The van der Waals surface area contributed by atoms with Crippen LogP contribution in [0.25, 0.3) is 22.4 Å². The van der Waals surface area contributed by atoms with Crippen LogP contribution in [-0.2, 0) is 7.05 Å². The predicted molar refractivity (Wildman–Crippen MR) is 85.0 cm³/mol. The Balaban J connectivity index is 1.77. The molecule has 1 saturated carbocycles. The molecule has 1 aliphatic rings. The number of hydrogen-bond donors (Lipinski definition) is 0. The summed E-state index contributed by atoms with van der Waals surface area (Å²) >= 11 is 0. The van der Waals surface area contributed by atoms with Crippen molar-refractivity contribution in [2.24, 2.45) is 7.05 Å². The maximum atomic E-state index is 12.3. The van der Waals surface area contributed by atoms with Gasteiger partial charge in [0.15, 0.2) is 5.65 Å². The summed E-state index contributed by atoms with van der Waals surface area (Å²) in [7, 11) is 1.86. The van der Waals surface area contributed by atoms with Gasteiger partial charge in [-0.05, 0) is 37.1 Å². The molecule has 1 aliphatic carbocycles. The van der Waals surface area contributed by atoms with Crippen LogP contribution in [0.5, 0.6) is 5.75 Å². The van der Waals surface area contributed by atoms with Crippen molar-refractivity contribution in [3.05, 3.63) is 36.4 Å². The fraction of sp³-hybridized carbons (Fsp3) is 0.353. The van der Waals surface area contributed by atoms with Gasteiger partial charge >= 0.3 is 6.36 Å². The summed E-state index contributed by atoms with van der Waals surface area (Å²) in [5.41, 5.74) is 2.67. The number of imidazole rings is 1. The third kappa shape index (κ3) is 3.04. The summed E-state index contributed by atoms with van der Waals surface area (Å²) in [5, 5.41) is 0. The van der Waals surface area contributed by atoms with E-state index in [4.69, 9.17) is 0 Å². The second-order valence-corrected chi connectivity index (χ2v) is 6.16. The summed E-state index contributed by atoms with van der Waals surface area (Å²) in [6, 6.07) is 5.68. The van der Waals surface area contributed by atoms with E-state index in [2.05, 4.69) is 19.7 Å². The lowest BCUT2D eigenvalue weighted by Crippen LogP contribution is -2.17. The molecule has 25 heavy (non-hydrogen) atoms. The first-order valence-electron chi connectivity index (χ1n) is 7.96. The Labute approximate surface area is 141 Å². The molecule has 3 aromatic rings. The Hall–Kier alpha value is -2.64. The Morgan fingerprint density at radius 3 is 2.44 bits per heavy atom. The molecular weight excluding hydrogens is 333 g/mol. The minimum absolute atomic E-state index is 0.262. The van der Waals surface area contributed by atoms with Gasteiger partial charge in [0.1, 0.15) is 22.8 Å². The number of ether oxygens (including phenoxy) is 1. The minimum Gasteiger partial charge on any atom is -0.406 e. The minimum atomic E-state index is -4.71. The fourth-order valence-electron chi connectivity index (χ4n) is 2.89. The zero-order chi connectivity index (χ0) is 17.6. The zero-order valence-corrected chi connectivity index (χ0v) is 13.4. The molecule has 0 N–H and O–H groups in total. The molecule has 0 aliphatic heterocycles. The number of aromatic nitrogens is 4. The summed E-state index contributed by atoms with van der Waals surface area (Å²) < 4.78 is 42.7. The number of rotatable bonds is 3. The van der Waals surface area contributed by atoms with Crippen LogP contribution < -0.4 is 4.74 Å². The molecule has 8 heteroatoms. The van der Waals surface area contributed by atoms with Crippen molar-refractivity contribution >= 4 is 11.2 Å². The van der Waals surface area contributed by atoms with E-state index in [1.807, 2.05) is 11.6 Å². The van der Waals surface area contributed by atoms with Crippen LogP contribution in [0.15, 0.2) is 30.6 Å². The quantitative estimate of drug-likeness (QED) is 0.712. The van der Waals surface area contributed by atoms with Gasteiger partial charge in [0.2, 0.25) is 0 Å². The van der Waals surface area contributed by atoms with E-state index in [0.717, 1.165) is 30.7 Å². The van der Waals surface area contributed by atoms with Crippen molar-refractivity contribution in [3.63, 3.8) is 0 Å². The topological polar surface area (TPSA) is 52.8 Å². The number of aryl methyl sites for hydroxylation is 1. The van der Waals surface area contributed by atoms with Crippen molar-refractivity contribution in [2.45, 2.75) is 31.5 Å². The van der Waals surface area contributed by atoms with Gasteiger partial charge in [-0.25, -0.2) is 15.0 Å². The van der Waals surface area contributed by atoms with Gasteiger partial charge in [0.25, 0.3) is 0 Å². The molecule has 2 aromatic heterocycles. The highest BCUT2D eigenvalue weighted by atomic mass is 19.4. The van der Waals surface area contributed by atoms with Crippen molar-refractivity contribution in [2.75, 3.05) is 0 Å². The third-order valence-electron chi connectivity index (χ3n) is 4.41. The van der Waals surface area contributed by atoms with Gasteiger partial charge in [0.05, 0.1) is 6.33 Å². The normalized spacial score (nSPS) is 15.4. The highest BCUT2D eigenvalue weighted by Crippen LogP contribution is 2.37. The second kappa shape index (κ2) is 5.72. The molecule has 5 nitrogen and oxygen atoms in total. The molecule has 2 heterocycles. The van der Waals surface area contributed by atoms with E-state index in [1.165, 1.54) is 12.1 Å². The van der Waals surface area contributed by atoms with E-state index >= 15 is 0 Å². The van der Waals surface area contributed by atoms with Crippen LogP contribution in [0.2, 0.25) is 0 Å². The first-order valence-corrected chi connectivity index (χ1v) is 7.96. The lowest BCUT2D eigenvalue weighted by Gasteiger charge is -2.24. The molecule has 0 amide bonds. The first kappa shape index (κ1) is 15.9. The molecule has 0 bridgehead atoms. The SMILES string of the molecule is Cn1cnc2c(-c3ccc(OC(F)(F)F)cc3)nc(C3CCC3)nc21. The van der Waals surface area contributed by atoms with Gasteiger partial charge in [-0.2, -0.15) is 0 Å².